The minimum absolute atomic E-state index is 0.182. The smallest absolute Gasteiger partial charge is 0.260 e. The van der Waals surface area contributed by atoms with Crippen molar-refractivity contribution in [2.45, 2.75) is 13.0 Å². The Kier molecular flexibility index (Phi) is 6.11. The average Bonchev–Trinajstić information content (AvgIpc) is 2.65. The monoisotopic (exact) mass is 345 g/mol. The van der Waals surface area contributed by atoms with E-state index in [4.69, 9.17) is 9.47 Å². The molecule has 1 amide bonds. The quantitative estimate of drug-likeness (QED) is 0.723. The Morgan fingerprint density at radius 1 is 1.20 bits per heavy atom. The van der Waals surface area contributed by atoms with Gasteiger partial charge in [0.2, 0.25) is 0 Å². The molecule has 0 saturated carbocycles. The van der Waals surface area contributed by atoms with Crippen molar-refractivity contribution in [2.75, 3.05) is 20.8 Å². The summed E-state index contributed by atoms with van der Waals surface area (Å²) in [7, 11) is 3.12. The highest BCUT2D eigenvalue weighted by atomic mass is 19.1. The number of nitrogens with zero attached hydrogens (tertiary/aromatic N) is 1. The summed E-state index contributed by atoms with van der Waals surface area (Å²) < 4.78 is 23.7. The van der Waals surface area contributed by atoms with Crippen molar-refractivity contribution in [1.29, 1.82) is 0 Å². The maximum absolute atomic E-state index is 13.0. The lowest BCUT2D eigenvalue weighted by atomic mass is 10.1. The van der Waals surface area contributed by atoms with E-state index in [9.17, 15) is 14.0 Å². The van der Waals surface area contributed by atoms with Crippen LogP contribution in [0.1, 0.15) is 28.9 Å². The lowest BCUT2D eigenvalue weighted by molar-refractivity contribution is -0.134. The Balaban J connectivity index is 2.01. The molecule has 5 nitrogen and oxygen atoms in total. The molecule has 2 aromatic rings. The average molecular weight is 345 g/mol. The number of rotatable bonds is 7. The lowest BCUT2D eigenvalue weighted by Gasteiger charge is -2.25. The normalized spacial score (nSPS) is 11.5. The van der Waals surface area contributed by atoms with Gasteiger partial charge in [-0.05, 0) is 42.8 Å². The summed E-state index contributed by atoms with van der Waals surface area (Å²) in [6.45, 7) is 1.67. The van der Waals surface area contributed by atoms with Gasteiger partial charge in [0.1, 0.15) is 12.1 Å². The number of hydrogen-bond acceptors (Lipinski definition) is 4. The molecular formula is C19H20FNO4. The van der Waals surface area contributed by atoms with Gasteiger partial charge in [0.05, 0.1) is 13.2 Å². The highest BCUT2D eigenvalue weighted by molar-refractivity contribution is 5.78. The van der Waals surface area contributed by atoms with E-state index in [0.29, 0.717) is 23.3 Å². The van der Waals surface area contributed by atoms with E-state index in [1.165, 1.54) is 30.2 Å². The molecule has 25 heavy (non-hydrogen) atoms. The standard InChI is InChI=1S/C19H20FNO4/c1-13(15-5-7-16(20)8-6-15)21(2)19(23)12-25-17-9-4-14(11-22)10-18(17)24-3/h4-11,13H,12H2,1-3H3. The maximum Gasteiger partial charge on any atom is 0.260 e. The molecule has 0 aliphatic carbocycles. The molecular weight excluding hydrogens is 325 g/mol. The topological polar surface area (TPSA) is 55.8 Å². The highest BCUT2D eigenvalue weighted by Crippen LogP contribution is 2.28. The maximum atomic E-state index is 13.0. The SMILES string of the molecule is COc1cc(C=O)ccc1OCC(=O)N(C)C(C)c1ccc(F)cc1. The molecule has 1 unspecified atom stereocenters. The molecule has 0 bridgehead atoms. The minimum Gasteiger partial charge on any atom is -0.493 e. The molecule has 0 saturated heterocycles. The van der Waals surface area contributed by atoms with Gasteiger partial charge >= 0.3 is 0 Å². The van der Waals surface area contributed by atoms with Crippen LogP contribution in [0.15, 0.2) is 42.5 Å². The lowest BCUT2D eigenvalue weighted by Crippen LogP contribution is -2.33. The highest BCUT2D eigenvalue weighted by Gasteiger charge is 2.18. The minimum atomic E-state index is -0.320. The van der Waals surface area contributed by atoms with Gasteiger partial charge in [-0.25, -0.2) is 4.39 Å². The number of ether oxygens (including phenoxy) is 2. The Morgan fingerprint density at radius 2 is 1.88 bits per heavy atom. The Hall–Kier alpha value is -2.89. The van der Waals surface area contributed by atoms with E-state index in [-0.39, 0.29) is 24.4 Å². The largest absolute Gasteiger partial charge is 0.493 e. The number of aldehydes is 1. The predicted molar refractivity (Wildman–Crippen MR) is 91.5 cm³/mol. The third kappa shape index (κ3) is 4.56. The fraction of sp³-hybridized carbons (Fsp3) is 0.263. The van der Waals surface area contributed by atoms with Gasteiger partial charge in [-0.15, -0.1) is 0 Å². The summed E-state index contributed by atoms with van der Waals surface area (Å²) in [6, 6.07) is 10.5. The summed E-state index contributed by atoms with van der Waals surface area (Å²) in [5.74, 6) is 0.202. The second-order valence-corrected chi connectivity index (χ2v) is 5.55. The van der Waals surface area contributed by atoms with Gasteiger partial charge in [0, 0.05) is 12.6 Å². The van der Waals surface area contributed by atoms with Crippen LogP contribution in [-0.2, 0) is 4.79 Å². The molecule has 0 N–H and O–H groups in total. The number of hydrogen-bond donors (Lipinski definition) is 0. The summed E-state index contributed by atoms with van der Waals surface area (Å²) in [6.07, 6.45) is 0.704. The van der Waals surface area contributed by atoms with Gasteiger partial charge < -0.3 is 14.4 Å². The third-order valence-electron chi connectivity index (χ3n) is 4.00. The van der Waals surface area contributed by atoms with Crippen molar-refractivity contribution in [2.24, 2.45) is 0 Å². The van der Waals surface area contributed by atoms with Gasteiger partial charge in [0.25, 0.3) is 5.91 Å². The molecule has 6 heteroatoms. The van der Waals surface area contributed by atoms with E-state index >= 15 is 0 Å². The van der Waals surface area contributed by atoms with Crippen LogP contribution in [0.5, 0.6) is 11.5 Å². The Morgan fingerprint density at radius 3 is 2.48 bits per heavy atom. The van der Waals surface area contributed by atoms with Crippen LogP contribution >= 0.6 is 0 Å². The van der Waals surface area contributed by atoms with Crippen LogP contribution in [-0.4, -0.2) is 37.9 Å². The molecule has 0 aromatic heterocycles. The molecule has 0 heterocycles. The zero-order valence-electron chi connectivity index (χ0n) is 14.4. The van der Waals surface area contributed by atoms with E-state index in [1.807, 2.05) is 6.92 Å². The van der Waals surface area contributed by atoms with Crippen molar-refractivity contribution in [1.82, 2.24) is 4.90 Å². The summed E-state index contributed by atoms with van der Waals surface area (Å²) in [4.78, 5) is 24.7. The van der Waals surface area contributed by atoms with Crippen LogP contribution in [0.2, 0.25) is 0 Å². The van der Waals surface area contributed by atoms with E-state index < -0.39 is 0 Å². The van der Waals surface area contributed by atoms with Crippen molar-refractivity contribution in [3.63, 3.8) is 0 Å². The molecule has 2 rings (SSSR count). The van der Waals surface area contributed by atoms with Crippen molar-refractivity contribution in [3.05, 3.63) is 59.4 Å². The van der Waals surface area contributed by atoms with Crippen molar-refractivity contribution in [3.8, 4) is 11.5 Å². The molecule has 0 aliphatic heterocycles. The van der Waals surface area contributed by atoms with Crippen LogP contribution in [0.25, 0.3) is 0 Å². The van der Waals surface area contributed by atoms with E-state index in [1.54, 1.807) is 31.3 Å². The number of benzene rings is 2. The van der Waals surface area contributed by atoms with Crippen LogP contribution in [0, 0.1) is 5.82 Å². The predicted octanol–water partition coefficient (Wildman–Crippen LogP) is 3.25. The van der Waals surface area contributed by atoms with E-state index in [0.717, 1.165) is 5.56 Å². The van der Waals surface area contributed by atoms with Crippen molar-refractivity contribution < 1.29 is 23.5 Å². The second kappa shape index (κ2) is 8.28. The Bertz CT molecular complexity index is 746. The first-order valence-electron chi connectivity index (χ1n) is 7.73. The number of amides is 1. The van der Waals surface area contributed by atoms with Gasteiger partial charge in [0.15, 0.2) is 18.1 Å². The van der Waals surface area contributed by atoms with Crippen molar-refractivity contribution >= 4 is 12.2 Å². The molecule has 0 fully saturated rings. The van der Waals surface area contributed by atoms with Crippen LogP contribution in [0.4, 0.5) is 4.39 Å². The van der Waals surface area contributed by atoms with E-state index in [2.05, 4.69) is 0 Å². The second-order valence-electron chi connectivity index (χ2n) is 5.55. The number of carbonyl (C=O) groups is 2. The number of halogens is 1. The zero-order chi connectivity index (χ0) is 18.4. The molecule has 1 atom stereocenters. The molecule has 0 radical (unpaired) electrons. The van der Waals surface area contributed by atoms with Crippen LogP contribution in [0.3, 0.4) is 0 Å². The van der Waals surface area contributed by atoms with Gasteiger partial charge in [-0.3, -0.25) is 9.59 Å². The number of carbonyl (C=O) groups excluding carboxylic acids is 2. The fourth-order valence-corrected chi connectivity index (χ4v) is 2.30. The molecule has 132 valence electrons. The first kappa shape index (κ1) is 18.4. The third-order valence-corrected chi connectivity index (χ3v) is 4.00. The Labute approximate surface area is 146 Å². The fourth-order valence-electron chi connectivity index (χ4n) is 2.30. The summed E-state index contributed by atoms with van der Waals surface area (Å²) in [5.41, 5.74) is 1.28. The molecule has 0 aliphatic rings. The number of methoxy groups -OCH3 is 1. The molecule has 0 spiro atoms. The summed E-state index contributed by atoms with van der Waals surface area (Å²) in [5, 5.41) is 0. The zero-order valence-corrected chi connectivity index (χ0v) is 14.4. The number of likely N-dealkylation sites (N-methyl/N-ethyl adjacent to an activating group) is 1. The summed E-state index contributed by atoms with van der Waals surface area (Å²) >= 11 is 0. The van der Waals surface area contributed by atoms with Gasteiger partial charge in [-0.1, -0.05) is 12.1 Å². The molecule has 2 aromatic carbocycles. The van der Waals surface area contributed by atoms with Crippen LogP contribution < -0.4 is 9.47 Å². The first-order valence-corrected chi connectivity index (χ1v) is 7.73. The van der Waals surface area contributed by atoms with Gasteiger partial charge in [-0.2, -0.15) is 0 Å². The first-order chi connectivity index (χ1) is 12.0.